The monoisotopic (exact) mass is 306 g/mol. The molecule has 2 heterocycles. The van der Waals surface area contributed by atoms with Gasteiger partial charge in [-0.05, 0) is 29.8 Å². The molecule has 0 aliphatic heterocycles. The Bertz CT molecular complexity index is 784. The van der Waals surface area contributed by atoms with Crippen LogP contribution in [0, 0.1) is 0 Å². The molecule has 0 radical (unpaired) electrons. The van der Waals surface area contributed by atoms with E-state index in [1.807, 2.05) is 42.5 Å². The number of benzene rings is 1. The predicted molar refractivity (Wildman–Crippen MR) is 90.9 cm³/mol. The van der Waals surface area contributed by atoms with Crippen LogP contribution in [-0.2, 0) is 11.3 Å². The van der Waals surface area contributed by atoms with Crippen LogP contribution in [0.1, 0.15) is 12.0 Å². The number of nitrogens with one attached hydrogen (secondary N) is 2. The maximum Gasteiger partial charge on any atom is 0.222 e. The molecular weight excluding hydrogens is 288 g/mol. The molecular formula is C18H18N4O. The Morgan fingerprint density at radius 2 is 1.83 bits per heavy atom. The molecule has 2 N–H and O–H groups in total. The molecule has 0 atom stereocenters. The number of carbonyl (C=O) groups is 1. The molecule has 0 aliphatic carbocycles. The third kappa shape index (κ3) is 4.03. The van der Waals surface area contributed by atoms with Crippen LogP contribution in [0.15, 0.2) is 61.1 Å². The number of pyridine rings is 2. The summed E-state index contributed by atoms with van der Waals surface area (Å²) in [5, 5.41) is 7.27. The molecule has 23 heavy (non-hydrogen) atoms. The highest BCUT2D eigenvalue weighted by Gasteiger charge is 2.04. The molecule has 0 spiro atoms. The maximum absolute atomic E-state index is 11.9. The van der Waals surface area contributed by atoms with Crippen LogP contribution in [0.2, 0.25) is 0 Å². The summed E-state index contributed by atoms with van der Waals surface area (Å²) in [6, 6.07) is 13.7. The number of fused-ring (bicyclic) bond motifs is 1. The Balaban J connectivity index is 1.50. The molecule has 0 saturated carbocycles. The van der Waals surface area contributed by atoms with Crippen molar-refractivity contribution in [3.8, 4) is 0 Å². The zero-order valence-corrected chi connectivity index (χ0v) is 12.7. The third-order valence-corrected chi connectivity index (χ3v) is 3.54. The van der Waals surface area contributed by atoms with E-state index in [2.05, 4.69) is 20.6 Å². The lowest BCUT2D eigenvalue weighted by atomic mass is 10.2. The first-order chi connectivity index (χ1) is 11.3. The fourth-order valence-electron chi connectivity index (χ4n) is 2.35. The van der Waals surface area contributed by atoms with Crippen molar-refractivity contribution < 1.29 is 4.79 Å². The minimum Gasteiger partial charge on any atom is -0.383 e. The van der Waals surface area contributed by atoms with Crippen LogP contribution in [0.4, 0.5) is 5.69 Å². The van der Waals surface area contributed by atoms with Crippen LogP contribution < -0.4 is 10.6 Å². The van der Waals surface area contributed by atoms with Crippen LogP contribution in [0.5, 0.6) is 0 Å². The zero-order chi connectivity index (χ0) is 15.9. The second-order valence-electron chi connectivity index (χ2n) is 5.19. The van der Waals surface area contributed by atoms with Gasteiger partial charge in [0.05, 0.1) is 11.2 Å². The van der Waals surface area contributed by atoms with Gasteiger partial charge in [-0.25, -0.2) is 0 Å². The quantitative estimate of drug-likeness (QED) is 0.735. The molecule has 5 heteroatoms. The van der Waals surface area contributed by atoms with Gasteiger partial charge < -0.3 is 10.6 Å². The molecule has 0 saturated heterocycles. The van der Waals surface area contributed by atoms with Crippen molar-refractivity contribution in [3.05, 3.63) is 66.6 Å². The van der Waals surface area contributed by atoms with E-state index in [4.69, 9.17) is 0 Å². The van der Waals surface area contributed by atoms with Crippen molar-refractivity contribution in [1.29, 1.82) is 0 Å². The van der Waals surface area contributed by atoms with E-state index in [0.717, 1.165) is 22.2 Å². The van der Waals surface area contributed by atoms with Crippen molar-refractivity contribution in [2.45, 2.75) is 13.0 Å². The average Bonchev–Trinajstić information content (AvgIpc) is 2.61. The highest BCUT2D eigenvalue weighted by molar-refractivity contribution is 5.90. The SMILES string of the molecule is O=C(CCNc1cccc2cccnc12)NCc1ccncc1. The van der Waals surface area contributed by atoms with Gasteiger partial charge >= 0.3 is 0 Å². The molecule has 2 aromatic heterocycles. The van der Waals surface area contributed by atoms with Crippen molar-refractivity contribution >= 4 is 22.5 Å². The summed E-state index contributed by atoms with van der Waals surface area (Å²) in [6.45, 7) is 1.09. The predicted octanol–water partition coefficient (Wildman–Crippen LogP) is 2.75. The smallest absolute Gasteiger partial charge is 0.222 e. The Morgan fingerprint density at radius 3 is 2.70 bits per heavy atom. The Hall–Kier alpha value is -2.95. The van der Waals surface area contributed by atoms with E-state index in [0.29, 0.717) is 19.5 Å². The van der Waals surface area contributed by atoms with Crippen molar-refractivity contribution in [2.75, 3.05) is 11.9 Å². The van der Waals surface area contributed by atoms with Crippen molar-refractivity contribution in [3.63, 3.8) is 0 Å². The molecule has 1 aromatic carbocycles. The Kier molecular flexibility index (Phi) is 4.79. The third-order valence-electron chi connectivity index (χ3n) is 3.54. The number of anilines is 1. The molecule has 3 rings (SSSR count). The normalized spacial score (nSPS) is 10.4. The molecule has 0 aliphatic rings. The number of nitrogens with zero attached hydrogens (tertiary/aromatic N) is 2. The summed E-state index contributed by atoms with van der Waals surface area (Å²) in [7, 11) is 0. The van der Waals surface area contributed by atoms with Crippen LogP contribution in [-0.4, -0.2) is 22.4 Å². The summed E-state index contributed by atoms with van der Waals surface area (Å²) in [5.41, 5.74) is 2.91. The largest absolute Gasteiger partial charge is 0.383 e. The second-order valence-corrected chi connectivity index (χ2v) is 5.19. The van der Waals surface area contributed by atoms with Gasteiger partial charge in [-0.1, -0.05) is 18.2 Å². The maximum atomic E-state index is 11.9. The van der Waals surface area contributed by atoms with E-state index >= 15 is 0 Å². The fourth-order valence-corrected chi connectivity index (χ4v) is 2.35. The minimum atomic E-state index is 0.0162. The number of aromatic nitrogens is 2. The van der Waals surface area contributed by atoms with E-state index < -0.39 is 0 Å². The van der Waals surface area contributed by atoms with Crippen molar-refractivity contribution in [2.24, 2.45) is 0 Å². The van der Waals surface area contributed by atoms with Gasteiger partial charge in [0.25, 0.3) is 0 Å². The molecule has 0 fully saturated rings. The first-order valence-electron chi connectivity index (χ1n) is 7.56. The van der Waals surface area contributed by atoms with E-state index in [9.17, 15) is 4.79 Å². The topological polar surface area (TPSA) is 66.9 Å². The summed E-state index contributed by atoms with van der Waals surface area (Å²) in [5.74, 6) is 0.0162. The summed E-state index contributed by atoms with van der Waals surface area (Å²) in [6.07, 6.45) is 5.62. The van der Waals surface area contributed by atoms with Crippen molar-refractivity contribution in [1.82, 2.24) is 15.3 Å². The fraction of sp³-hybridized carbons (Fsp3) is 0.167. The molecule has 1 amide bonds. The van der Waals surface area contributed by atoms with Gasteiger partial charge in [0.2, 0.25) is 5.91 Å². The summed E-state index contributed by atoms with van der Waals surface area (Å²) >= 11 is 0. The van der Waals surface area contributed by atoms with Gasteiger partial charge in [-0.3, -0.25) is 14.8 Å². The molecule has 5 nitrogen and oxygen atoms in total. The average molecular weight is 306 g/mol. The second kappa shape index (κ2) is 7.35. The Labute approximate surface area is 134 Å². The van der Waals surface area contributed by atoms with E-state index in [1.54, 1.807) is 18.6 Å². The van der Waals surface area contributed by atoms with Gasteiger partial charge in [0.15, 0.2) is 0 Å². The number of para-hydroxylation sites is 1. The highest BCUT2D eigenvalue weighted by atomic mass is 16.1. The lowest BCUT2D eigenvalue weighted by Crippen LogP contribution is -2.24. The van der Waals surface area contributed by atoms with E-state index in [1.165, 1.54) is 0 Å². The number of hydrogen-bond donors (Lipinski definition) is 2. The molecule has 116 valence electrons. The lowest BCUT2D eigenvalue weighted by molar-refractivity contribution is -0.121. The first-order valence-corrected chi connectivity index (χ1v) is 7.56. The van der Waals surface area contributed by atoms with Gasteiger partial charge in [0.1, 0.15) is 0 Å². The van der Waals surface area contributed by atoms with Crippen LogP contribution >= 0.6 is 0 Å². The number of rotatable bonds is 6. The lowest BCUT2D eigenvalue weighted by Gasteiger charge is -2.09. The van der Waals surface area contributed by atoms with Gasteiger partial charge in [-0.15, -0.1) is 0 Å². The first kappa shape index (κ1) is 15.0. The zero-order valence-electron chi connectivity index (χ0n) is 12.7. The van der Waals surface area contributed by atoms with E-state index in [-0.39, 0.29) is 5.91 Å². The van der Waals surface area contributed by atoms with Gasteiger partial charge in [0, 0.05) is 43.5 Å². The van der Waals surface area contributed by atoms with Crippen LogP contribution in [0.3, 0.4) is 0 Å². The summed E-state index contributed by atoms with van der Waals surface area (Å²) < 4.78 is 0. The van der Waals surface area contributed by atoms with Crippen LogP contribution in [0.25, 0.3) is 10.9 Å². The Morgan fingerprint density at radius 1 is 1.00 bits per heavy atom. The highest BCUT2D eigenvalue weighted by Crippen LogP contribution is 2.20. The summed E-state index contributed by atoms with van der Waals surface area (Å²) in [4.78, 5) is 20.2. The molecule has 0 unspecified atom stereocenters. The number of carbonyl (C=O) groups excluding carboxylic acids is 1. The number of hydrogen-bond acceptors (Lipinski definition) is 4. The standard InChI is InChI=1S/C18H18N4O/c23-17(22-13-14-6-10-19-11-7-14)8-12-20-16-5-1-3-15-4-2-9-21-18(15)16/h1-7,9-11,20H,8,12-13H2,(H,22,23). The minimum absolute atomic E-state index is 0.0162. The molecule has 3 aromatic rings. The number of amides is 1. The van der Waals surface area contributed by atoms with Gasteiger partial charge in [-0.2, -0.15) is 0 Å². The molecule has 0 bridgehead atoms.